The number of rotatable bonds is 5. The van der Waals surface area contributed by atoms with Crippen LogP contribution in [0.2, 0.25) is 0 Å². The topological polar surface area (TPSA) is 93.5 Å². The largest absolute Gasteiger partial charge is 0.364 e. The molecule has 1 aromatic carbocycles. The number of hydrogen-bond donors (Lipinski definition) is 3. The van der Waals surface area contributed by atoms with Crippen molar-refractivity contribution < 1.29 is 14.3 Å². The van der Waals surface area contributed by atoms with Gasteiger partial charge in [0.15, 0.2) is 0 Å². The average molecular weight is 328 g/mol. The van der Waals surface area contributed by atoms with Crippen molar-refractivity contribution in [2.75, 3.05) is 13.6 Å². The van der Waals surface area contributed by atoms with Crippen molar-refractivity contribution in [2.45, 2.75) is 31.6 Å². The molecule has 22 heavy (non-hydrogen) atoms. The summed E-state index contributed by atoms with van der Waals surface area (Å²) < 4.78 is 5.54. The predicted octanol–water partition coefficient (Wildman–Crippen LogP) is 0.591. The van der Waals surface area contributed by atoms with Crippen molar-refractivity contribution in [3.8, 4) is 0 Å². The van der Waals surface area contributed by atoms with Crippen LogP contribution in [0.3, 0.4) is 0 Å². The average Bonchev–Trinajstić information content (AvgIpc) is 3.01. The van der Waals surface area contributed by atoms with E-state index in [9.17, 15) is 9.59 Å². The van der Waals surface area contributed by atoms with Gasteiger partial charge in [-0.3, -0.25) is 9.59 Å². The number of amides is 2. The van der Waals surface area contributed by atoms with E-state index < -0.39 is 6.10 Å². The van der Waals surface area contributed by atoms with Crippen molar-refractivity contribution in [3.63, 3.8) is 0 Å². The van der Waals surface area contributed by atoms with E-state index in [1.54, 1.807) is 19.2 Å². The summed E-state index contributed by atoms with van der Waals surface area (Å²) in [6.45, 7) is 0.866. The van der Waals surface area contributed by atoms with Crippen LogP contribution in [-0.2, 0) is 16.1 Å². The first-order valence-corrected chi connectivity index (χ1v) is 7.08. The van der Waals surface area contributed by atoms with Gasteiger partial charge in [0.1, 0.15) is 6.10 Å². The lowest BCUT2D eigenvalue weighted by Gasteiger charge is -2.12. The lowest BCUT2D eigenvalue weighted by Crippen LogP contribution is -2.35. The molecule has 4 N–H and O–H groups in total. The van der Waals surface area contributed by atoms with Crippen LogP contribution in [-0.4, -0.2) is 37.6 Å². The number of carbonyl (C=O) groups excluding carboxylic acids is 2. The lowest BCUT2D eigenvalue weighted by molar-refractivity contribution is -0.132. The summed E-state index contributed by atoms with van der Waals surface area (Å²) in [6.07, 6.45) is 1.13. The fourth-order valence-electron chi connectivity index (χ4n) is 2.29. The number of nitrogens with one attached hydrogen (secondary N) is 2. The first-order chi connectivity index (χ1) is 10.1. The third-order valence-corrected chi connectivity index (χ3v) is 3.57. The molecule has 2 atom stereocenters. The van der Waals surface area contributed by atoms with Crippen LogP contribution in [0.15, 0.2) is 24.3 Å². The van der Waals surface area contributed by atoms with Gasteiger partial charge in [0, 0.05) is 25.7 Å². The molecule has 1 saturated heterocycles. The summed E-state index contributed by atoms with van der Waals surface area (Å²) in [4.78, 5) is 23.4. The second-order valence-electron chi connectivity index (χ2n) is 5.05. The molecule has 0 saturated carbocycles. The minimum atomic E-state index is -0.399. The summed E-state index contributed by atoms with van der Waals surface area (Å²) >= 11 is 0. The number of nitrogens with two attached hydrogens (primary N) is 1. The molecule has 2 rings (SSSR count). The molecule has 0 radical (unpaired) electrons. The highest BCUT2D eigenvalue weighted by Gasteiger charge is 2.29. The Morgan fingerprint density at radius 1 is 1.27 bits per heavy atom. The highest BCUT2D eigenvalue weighted by atomic mass is 35.5. The van der Waals surface area contributed by atoms with Crippen LogP contribution >= 0.6 is 12.4 Å². The van der Waals surface area contributed by atoms with E-state index in [1.165, 1.54) is 0 Å². The number of hydrogen-bond acceptors (Lipinski definition) is 4. The molecule has 1 aliphatic heterocycles. The maximum absolute atomic E-state index is 12.0. The number of ether oxygens (including phenoxy) is 1. The van der Waals surface area contributed by atoms with Crippen molar-refractivity contribution in [1.29, 1.82) is 0 Å². The highest BCUT2D eigenvalue weighted by molar-refractivity contribution is 5.93. The maximum Gasteiger partial charge on any atom is 0.251 e. The van der Waals surface area contributed by atoms with Crippen LogP contribution < -0.4 is 16.4 Å². The van der Waals surface area contributed by atoms with Crippen LogP contribution in [0, 0.1) is 0 Å². The van der Waals surface area contributed by atoms with Gasteiger partial charge < -0.3 is 21.1 Å². The van der Waals surface area contributed by atoms with Crippen molar-refractivity contribution in [2.24, 2.45) is 5.73 Å². The third kappa shape index (κ3) is 4.69. The first kappa shape index (κ1) is 18.4. The van der Waals surface area contributed by atoms with Crippen LogP contribution in [0.25, 0.3) is 0 Å². The van der Waals surface area contributed by atoms with E-state index in [4.69, 9.17) is 10.5 Å². The van der Waals surface area contributed by atoms with Crippen molar-refractivity contribution in [3.05, 3.63) is 35.4 Å². The molecule has 1 aromatic rings. The minimum absolute atomic E-state index is 0. The third-order valence-electron chi connectivity index (χ3n) is 3.57. The molecule has 0 unspecified atom stereocenters. The molecule has 1 aliphatic rings. The lowest BCUT2D eigenvalue weighted by atomic mass is 10.1. The molecule has 7 heteroatoms. The van der Waals surface area contributed by atoms with Gasteiger partial charge in [-0.05, 0) is 30.5 Å². The van der Waals surface area contributed by atoms with Gasteiger partial charge >= 0.3 is 0 Å². The molecule has 1 heterocycles. The fourth-order valence-corrected chi connectivity index (χ4v) is 2.29. The zero-order chi connectivity index (χ0) is 15.2. The Hall–Kier alpha value is -1.63. The zero-order valence-electron chi connectivity index (χ0n) is 12.5. The van der Waals surface area contributed by atoms with E-state index in [0.717, 1.165) is 12.0 Å². The molecule has 0 spiro atoms. The zero-order valence-corrected chi connectivity index (χ0v) is 13.3. The van der Waals surface area contributed by atoms with Gasteiger partial charge in [-0.15, -0.1) is 12.4 Å². The molecule has 122 valence electrons. The monoisotopic (exact) mass is 327 g/mol. The smallest absolute Gasteiger partial charge is 0.251 e. The minimum Gasteiger partial charge on any atom is -0.364 e. The Balaban J connectivity index is 0.00000242. The second kappa shape index (κ2) is 8.73. The Labute approximate surface area is 136 Å². The predicted molar refractivity (Wildman–Crippen MR) is 85.9 cm³/mol. The van der Waals surface area contributed by atoms with E-state index in [-0.39, 0.29) is 30.3 Å². The molecular weight excluding hydrogens is 306 g/mol. The van der Waals surface area contributed by atoms with E-state index in [0.29, 0.717) is 25.1 Å². The second-order valence-corrected chi connectivity index (χ2v) is 5.05. The van der Waals surface area contributed by atoms with Gasteiger partial charge in [0.2, 0.25) is 5.91 Å². The summed E-state index contributed by atoms with van der Waals surface area (Å²) in [6, 6.07) is 7.11. The SMILES string of the molecule is CNC(=O)c1ccc(CNC(=O)[C@@H]2CC[C@H](CN)O2)cc1.Cl. The summed E-state index contributed by atoms with van der Waals surface area (Å²) in [5.41, 5.74) is 7.05. The number of halogens is 1. The fraction of sp³-hybridized carbons (Fsp3) is 0.467. The van der Waals surface area contributed by atoms with E-state index in [2.05, 4.69) is 10.6 Å². The summed E-state index contributed by atoms with van der Waals surface area (Å²) in [5, 5.41) is 5.41. The van der Waals surface area contributed by atoms with Gasteiger partial charge in [-0.25, -0.2) is 0 Å². The van der Waals surface area contributed by atoms with E-state index >= 15 is 0 Å². The number of carbonyl (C=O) groups is 2. The molecule has 0 aromatic heterocycles. The van der Waals surface area contributed by atoms with E-state index in [1.807, 2.05) is 12.1 Å². The molecule has 0 aliphatic carbocycles. The van der Waals surface area contributed by atoms with Crippen molar-refractivity contribution in [1.82, 2.24) is 10.6 Å². The van der Waals surface area contributed by atoms with Crippen LogP contribution in [0.5, 0.6) is 0 Å². The molecular formula is C15H22ClN3O3. The summed E-state index contributed by atoms with van der Waals surface area (Å²) in [7, 11) is 1.59. The maximum atomic E-state index is 12.0. The Bertz CT molecular complexity index is 507. The normalized spacial score (nSPS) is 20.1. The molecule has 0 bridgehead atoms. The Morgan fingerprint density at radius 2 is 1.95 bits per heavy atom. The summed E-state index contributed by atoms with van der Waals surface area (Å²) in [5.74, 6) is -0.237. The molecule has 1 fully saturated rings. The Morgan fingerprint density at radius 3 is 2.50 bits per heavy atom. The van der Waals surface area contributed by atoms with Gasteiger partial charge in [-0.1, -0.05) is 12.1 Å². The quantitative estimate of drug-likeness (QED) is 0.738. The van der Waals surface area contributed by atoms with Crippen molar-refractivity contribution >= 4 is 24.2 Å². The standard InChI is InChI=1S/C15H21N3O3.ClH/c1-17-14(19)11-4-2-10(3-5-11)9-18-15(20)13-7-6-12(8-16)21-13;/h2-5,12-13H,6-9,16H2,1H3,(H,17,19)(H,18,20);1H/t12-,13+;/m1./s1. The van der Waals surface area contributed by atoms with Crippen LogP contribution in [0.1, 0.15) is 28.8 Å². The molecule has 6 nitrogen and oxygen atoms in total. The van der Waals surface area contributed by atoms with Gasteiger partial charge in [0.05, 0.1) is 6.10 Å². The molecule has 2 amide bonds. The van der Waals surface area contributed by atoms with Gasteiger partial charge in [0.25, 0.3) is 5.91 Å². The van der Waals surface area contributed by atoms with Gasteiger partial charge in [-0.2, -0.15) is 0 Å². The Kier molecular flexibility index (Phi) is 7.31. The first-order valence-electron chi connectivity index (χ1n) is 7.08. The highest BCUT2D eigenvalue weighted by Crippen LogP contribution is 2.18. The van der Waals surface area contributed by atoms with Crippen LogP contribution in [0.4, 0.5) is 0 Å². The number of benzene rings is 1.